The Hall–Kier alpha value is -1.16. The van der Waals surface area contributed by atoms with Crippen LogP contribution in [-0.4, -0.2) is 19.2 Å². The number of carbonyl (C=O) groups is 1. The van der Waals surface area contributed by atoms with Gasteiger partial charge in [-0.3, -0.25) is 4.79 Å². The van der Waals surface area contributed by atoms with Crippen LogP contribution in [-0.2, 0) is 10.2 Å². The Morgan fingerprint density at radius 1 is 1.32 bits per heavy atom. The minimum atomic E-state index is 0.213. The molecular formula is C15H20N2OS. The van der Waals surface area contributed by atoms with Gasteiger partial charge in [-0.2, -0.15) is 0 Å². The first kappa shape index (κ1) is 12.9. The van der Waals surface area contributed by atoms with Crippen LogP contribution in [0.4, 0.5) is 11.4 Å². The van der Waals surface area contributed by atoms with Crippen molar-refractivity contribution in [2.75, 3.05) is 22.4 Å². The Morgan fingerprint density at radius 3 is 2.79 bits per heavy atom. The molecule has 0 bridgehead atoms. The summed E-state index contributed by atoms with van der Waals surface area (Å²) in [5.41, 5.74) is 3.84. The molecule has 1 aliphatic heterocycles. The summed E-state index contributed by atoms with van der Waals surface area (Å²) >= 11 is 1.61. The molecule has 1 N–H and O–H groups in total. The molecule has 3 nitrogen and oxygen atoms in total. The third-order valence-corrected chi connectivity index (χ3v) is 4.95. The molecule has 1 fully saturated rings. The maximum absolute atomic E-state index is 11.3. The van der Waals surface area contributed by atoms with Crippen molar-refractivity contribution in [3.8, 4) is 0 Å². The molecule has 1 aliphatic carbocycles. The lowest BCUT2D eigenvalue weighted by Gasteiger charge is -2.34. The molecule has 1 aromatic carbocycles. The van der Waals surface area contributed by atoms with E-state index in [0.29, 0.717) is 0 Å². The van der Waals surface area contributed by atoms with E-state index >= 15 is 0 Å². The molecule has 2 aliphatic rings. The topological polar surface area (TPSA) is 32.3 Å². The average molecular weight is 276 g/mol. The summed E-state index contributed by atoms with van der Waals surface area (Å²) < 4.78 is 3.30. The van der Waals surface area contributed by atoms with Crippen LogP contribution in [0.3, 0.4) is 0 Å². The molecule has 1 spiro atoms. The summed E-state index contributed by atoms with van der Waals surface area (Å²) in [6.07, 6.45) is 9.35. The second-order valence-corrected chi connectivity index (χ2v) is 6.22. The van der Waals surface area contributed by atoms with Gasteiger partial charge in [0.15, 0.2) is 0 Å². The molecule has 4 heteroatoms. The van der Waals surface area contributed by atoms with E-state index in [0.717, 1.165) is 24.3 Å². The largest absolute Gasteiger partial charge is 0.330 e. The molecule has 1 amide bonds. The highest BCUT2D eigenvalue weighted by atomic mass is 32.2. The zero-order chi connectivity index (χ0) is 13.3. The molecule has 0 saturated heterocycles. The van der Waals surface area contributed by atoms with Crippen molar-refractivity contribution in [2.24, 2.45) is 0 Å². The van der Waals surface area contributed by atoms with Gasteiger partial charge in [0.1, 0.15) is 0 Å². The number of nitrogens with one attached hydrogen (secondary N) is 1. The van der Waals surface area contributed by atoms with E-state index < -0.39 is 0 Å². The van der Waals surface area contributed by atoms with Gasteiger partial charge < -0.3 is 9.62 Å². The number of anilines is 2. The molecular weight excluding hydrogens is 256 g/mol. The monoisotopic (exact) mass is 276 g/mol. The Morgan fingerprint density at radius 2 is 2.11 bits per heavy atom. The Kier molecular flexibility index (Phi) is 3.44. The van der Waals surface area contributed by atoms with Crippen LogP contribution in [0.25, 0.3) is 0 Å². The fourth-order valence-corrected chi connectivity index (χ4v) is 4.00. The second kappa shape index (κ2) is 5.08. The van der Waals surface area contributed by atoms with Crippen LogP contribution in [0.5, 0.6) is 0 Å². The van der Waals surface area contributed by atoms with Crippen LogP contribution in [0, 0.1) is 0 Å². The second-order valence-electron chi connectivity index (χ2n) is 5.61. The first-order valence-electron chi connectivity index (χ1n) is 6.94. The number of carbonyl (C=O) groups excluding carboxylic acids is 1. The number of hydrogen-bond donors (Lipinski definition) is 1. The molecule has 1 aromatic rings. The SMILES string of the molecule is CSNc1ccc2c(c1)C1(CCCCC1)CN2C=O. The number of amides is 1. The quantitative estimate of drug-likeness (QED) is 0.677. The maximum Gasteiger partial charge on any atom is 0.214 e. The highest BCUT2D eigenvalue weighted by Crippen LogP contribution is 2.49. The van der Waals surface area contributed by atoms with Gasteiger partial charge in [0.05, 0.1) is 0 Å². The van der Waals surface area contributed by atoms with E-state index in [9.17, 15) is 4.79 Å². The summed E-state index contributed by atoms with van der Waals surface area (Å²) in [6, 6.07) is 6.40. The molecule has 102 valence electrons. The van der Waals surface area contributed by atoms with Gasteiger partial charge in [0.2, 0.25) is 6.41 Å². The lowest BCUT2D eigenvalue weighted by molar-refractivity contribution is -0.107. The van der Waals surface area contributed by atoms with Crippen molar-refractivity contribution in [2.45, 2.75) is 37.5 Å². The van der Waals surface area contributed by atoms with Crippen LogP contribution in [0.15, 0.2) is 18.2 Å². The summed E-state index contributed by atoms with van der Waals surface area (Å²) in [5.74, 6) is 0. The van der Waals surface area contributed by atoms with Crippen molar-refractivity contribution in [3.63, 3.8) is 0 Å². The van der Waals surface area contributed by atoms with Gasteiger partial charge in [-0.15, -0.1) is 0 Å². The first-order valence-corrected chi connectivity index (χ1v) is 8.17. The molecule has 0 unspecified atom stereocenters. The number of rotatable bonds is 3. The van der Waals surface area contributed by atoms with E-state index in [1.54, 1.807) is 11.9 Å². The van der Waals surface area contributed by atoms with Gasteiger partial charge >= 0.3 is 0 Å². The molecule has 0 atom stereocenters. The molecule has 1 heterocycles. The van der Waals surface area contributed by atoms with Gasteiger partial charge in [0.25, 0.3) is 0 Å². The fourth-order valence-electron chi connectivity index (χ4n) is 3.64. The average Bonchev–Trinajstić information content (AvgIpc) is 2.74. The highest BCUT2D eigenvalue weighted by Gasteiger charge is 2.43. The number of fused-ring (bicyclic) bond motifs is 2. The van der Waals surface area contributed by atoms with Gasteiger partial charge in [-0.1, -0.05) is 31.2 Å². The van der Waals surface area contributed by atoms with E-state index in [1.165, 1.54) is 37.7 Å². The lowest BCUT2D eigenvalue weighted by Crippen LogP contribution is -2.34. The summed E-state index contributed by atoms with van der Waals surface area (Å²) in [4.78, 5) is 13.2. The number of hydrogen-bond acceptors (Lipinski definition) is 3. The van der Waals surface area contributed by atoms with Crippen LogP contribution >= 0.6 is 11.9 Å². The zero-order valence-electron chi connectivity index (χ0n) is 11.3. The zero-order valence-corrected chi connectivity index (χ0v) is 12.1. The van der Waals surface area contributed by atoms with Crippen LogP contribution in [0.2, 0.25) is 0 Å². The highest BCUT2D eigenvalue weighted by molar-refractivity contribution is 7.99. The summed E-state index contributed by atoms with van der Waals surface area (Å²) in [6.45, 7) is 0.870. The van der Waals surface area contributed by atoms with E-state index in [2.05, 4.69) is 22.9 Å². The van der Waals surface area contributed by atoms with Crippen LogP contribution < -0.4 is 9.62 Å². The van der Waals surface area contributed by atoms with Gasteiger partial charge in [-0.05, 0) is 36.6 Å². The molecule has 0 aromatic heterocycles. The van der Waals surface area contributed by atoms with Crippen molar-refractivity contribution in [1.29, 1.82) is 0 Å². The van der Waals surface area contributed by atoms with E-state index in [4.69, 9.17) is 0 Å². The predicted molar refractivity (Wildman–Crippen MR) is 81.8 cm³/mol. The predicted octanol–water partition coefficient (Wildman–Crippen LogP) is 3.55. The lowest BCUT2D eigenvalue weighted by atomic mass is 9.71. The number of benzene rings is 1. The van der Waals surface area contributed by atoms with Crippen molar-refractivity contribution < 1.29 is 4.79 Å². The van der Waals surface area contributed by atoms with Crippen molar-refractivity contribution >= 4 is 29.7 Å². The van der Waals surface area contributed by atoms with Gasteiger partial charge in [-0.25, -0.2) is 0 Å². The van der Waals surface area contributed by atoms with Crippen molar-refractivity contribution in [1.82, 2.24) is 0 Å². The maximum atomic E-state index is 11.3. The number of nitrogens with zero attached hydrogens (tertiary/aromatic N) is 1. The molecule has 1 saturated carbocycles. The summed E-state index contributed by atoms with van der Waals surface area (Å²) in [5, 5.41) is 0. The Bertz CT molecular complexity index is 483. The minimum absolute atomic E-state index is 0.213. The smallest absolute Gasteiger partial charge is 0.214 e. The van der Waals surface area contributed by atoms with E-state index in [-0.39, 0.29) is 5.41 Å². The normalized spacial score (nSPS) is 20.4. The molecule has 3 rings (SSSR count). The van der Waals surface area contributed by atoms with E-state index in [1.807, 2.05) is 11.2 Å². The fraction of sp³-hybridized carbons (Fsp3) is 0.533. The minimum Gasteiger partial charge on any atom is -0.330 e. The Balaban J connectivity index is 2.03. The third kappa shape index (κ3) is 2.12. The third-order valence-electron chi connectivity index (χ3n) is 4.51. The first-order chi connectivity index (χ1) is 9.29. The standard InChI is InChI=1S/C15H20N2OS/c1-19-16-12-5-6-14-13(9-12)15(10-17(14)11-18)7-3-2-4-8-15/h5-6,9,11,16H,2-4,7-8,10H2,1H3. The van der Waals surface area contributed by atoms with Gasteiger partial charge in [0, 0.05) is 29.6 Å². The molecule has 0 radical (unpaired) electrons. The van der Waals surface area contributed by atoms with Crippen LogP contribution in [0.1, 0.15) is 37.7 Å². The Labute approximate surface area is 118 Å². The molecule has 19 heavy (non-hydrogen) atoms. The van der Waals surface area contributed by atoms with Crippen molar-refractivity contribution in [3.05, 3.63) is 23.8 Å². The summed E-state index contributed by atoms with van der Waals surface area (Å²) in [7, 11) is 0.